The van der Waals surface area contributed by atoms with Gasteiger partial charge >= 0.3 is 0 Å². The predicted molar refractivity (Wildman–Crippen MR) is 131 cm³/mol. The lowest BCUT2D eigenvalue weighted by atomic mass is 10.1. The molecule has 2 saturated heterocycles. The van der Waals surface area contributed by atoms with Crippen LogP contribution in [0, 0.1) is 0 Å². The Morgan fingerprint density at radius 3 is 2.64 bits per heavy atom. The van der Waals surface area contributed by atoms with Crippen molar-refractivity contribution in [1.29, 1.82) is 0 Å². The second-order valence-corrected chi connectivity index (χ2v) is 8.86. The zero-order valence-electron chi connectivity index (χ0n) is 19.7. The van der Waals surface area contributed by atoms with E-state index < -0.39 is 0 Å². The highest BCUT2D eigenvalue weighted by atomic mass is 16.5. The molecule has 0 saturated carbocycles. The molecular weight excluding hydrogens is 416 g/mol. The summed E-state index contributed by atoms with van der Waals surface area (Å²) in [5.41, 5.74) is 3.91. The number of hydrogen-bond acceptors (Lipinski definition) is 7. The third-order valence-electron chi connectivity index (χ3n) is 6.74. The Labute approximate surface area is 195 Å². The van der Waals surface area contributed by atoms with Gasteiger partial charge in [0.25, 0.3) is 0 Å². The molecule has 5 rings (SSSR count). The van der Waals surface area contributed by atoms with Crippen LogP contribution in [-0.4, -0.2) is 69.2 Å². The number of pyridine rings is 2. The Morgan fingerprint density at radius 2 is 1.88 bits per heavy atom. The van der Waals surface area contributed by atoms with Gasteiger partial charge in [-0.2, -0.15) is 0 Å². The monoisotopic (exact) mass is 448 g/mol. The molecular formula is C26H32N4O3. The number of methoxy groups -OCH3 is 2. The molecule has 2 unspecified atom stereocenters. The highest BCUT2D eigenvalue weighted by Crippen LogP contribution is 2.34. The maximum Gasteiger partial charge on any atom is 0.164 e. The molecule has 174 valence electrons. The fourth-order valence-electron chi connectivity index (χ4n) is 4.82. The Bertz CT molecular complexity index is 1100. The summed E-state index contributed by atoms with van der Waals surface area (Å²) in [6.07, 6.45) is 2.46. The highest BCUT2D eigenvalue weighted by molar-refractivity contribution is 5.93. The van der Waals surface area contributed by atoms with Gasteiger partial charge in [0.15, 0.2) is 5.65 Å². The van der Waals surface area contributed by atoms with E-state index in [1.165, 1.54) is 5.69 Å². The first-order chi connectivity index (χ1) is 16.2. The summed E-state index contributed by atoms with van der Waals surface area (Å²) in [6, 6.07) is 14.8. The van der Waals surface area contributed by atoms with Gasteiger partial charge in [0.05, 0.1) is 43.9 Å². The second-order valence-electron chi connectivity index (χ2n) is 8.86. The number of benzene rings is 1. The van der Waals surface area contributed by atoms with Gasteiger partial charge in [-0.05, 0) is 56.2 Å². The smallest absolute Gasteiger partial charge is 0.164 e. The first-order valence-electron chi connectivity index (χ1n) is 11.7. The molecule has 2 atom stereocenters. The summed E-state index contributed by atoms with van der Waals surface area (Å²) < 4.78 is 16.7. The molecule has 33 heavy (non-hydrogen) atoms. The van der Waals surface area contributed by atoms with Crippen LogP contribution in [0.15, 0.2) is 42.5 Å². The van der Waals surface area contributed by atoms with Gasteiger partial charge in [0.2, 0.25) is 0 Å². The number of piperidine rings is 1. The lowest BCUT2D eigenvalue weighted by Crippen LogP contribution is -2.44. The van der Waals surface area contributed by atoms with Crippen LogP contribution in [0.25, 0.3) is 22.3 Å². The van der Waals surface area contributed by atoms with Crippen LogP contribution < -0.4 is 14.5 Å². The van der Waals surface area contributed by atoms with Crippen molar-refractivity contribution in [3.63, 3.8) is 0 Å². The molecule has 0 aliphatic carbocycles. The third kappa shape index (κ3) is 4.48. The van der Waals surface area contributed by atoms with E-state index in [0.29, 0.717) is 13.2 Å². The maximum absolute atomic E-state index is 5.70. The van der Waals surface area contributed by atoms with Gasteiger partial charge in [-0.1, -0.05) is 0 Å². The Balaban J connectivity index is 1.60. The van der Waals surface area contributed by atoms with E-state index in [2.05, 4.69) is 34.9 Å². The minimum Gasteiger partial charge on any atom is -0.497 e. The van der Waals surface area contributed by atoms with E-state index in [1.54, 1.807) is 7.11 Å². The van der Waals surface area contributed by atoms with Gasteiger partial charge in [0.1, 0.15) is 11.6 Å². The van der Waals surface area contributed by atoms with E-state index in [9.17, 15) is 0 Å². The van der Waals surface area contributed by atoms with Gasteiger partial charge in [-0.25, -0.2) is 9.97 Å². The molecule has 0 bridgehead atoms. The van der Waals surface area contributed by atoms with Crippen molar-refractivity contribution in [1.82, 2.24) is 9.97 Å². The minimum absolute atomic E-state index is 0.249. The van der Waals surface area contributed by atoms with Crippen LogP contribution in [-0.2, 0) is 9.47 Å². The van der Waals surface area contributed by atoms with Gasteiger partial charge in [-0.3, -0.25) is 0 Å². The summed E-state index contributed by atoms with van der Waals surface area (Å²) in [4.78, 5) is 14.8. The van der Waals surface area contributed by atoms with Crippen LogP contribution in [0.2, 0.25) is 0 Å². The van der Waals surface area contributed by atoms with E-state index in [4.69, 9.17) is 24.2 Å². The summed E-state index contributed by atoms with van der Waals surface area (Å²) in [5.74, 6) is 1.80. The minimum atomic E-state index is 0.249. The Hall–Kier alpha value is -2.90. The predicted octanol–water partition coefficient (Wildman–Crippen LogP) is 4.15. The van der Waals surface area contributed by atoms with Crippen LogP contribution >= 0.6 is 0 Å². The number of ether oxygens (including phenoxy) is 3. The van der Waals surface area contributed by atoms with Crippen LogP contribution in [0.5, 0.6) is 5.75 Å². The number of fused-ring (bicyclic) bond motifs is 1. The molecule has 2 aliphatic rings. The number of hydrogen-bond donors (Lipinski definition) is 0. The van der Waals surface area contributed by atoms with Crippen molar-refractivity contribution in [2.45, 2.75) is 31.9 Å². The summed E-state index contributed by atoms with van der Waals surface area (Å²) in [5, 5.41) is 1.08. The normalized spacial score (nSPS) is 21.4. The van der Waals surface area contributed by atoms with Crippen molar-refractivity contribution < 1.29 is 14.2 Å². The second kappa shape index (κ2) is 9.53. The lowest BCUT2D eigenvalue weighted by molar-refractivity contribution is 0.0894. The molecule has 3 aromatic rings. The fraction of sp³-hybridized carbons (Fsp3) is 0.462. The molecule has 7 nitrogen and oxygen atoms in total. The van der Waals surface area contributed by atoms with E-state index >= 15 is 0 Å². The van der Waals surface area contributed by atoms with Crippen molar-refractivity contribution >= 4 is 22.5 Å². The van der Waals surface area contributed by atoms with Crippen LogP contribution in [0.4, 0.5) is 11.5 Å². The summed E-state index contributed by atoms with van der Waals surface area (Å²) in [7, 11) is 3.49. The molecule has 0 N–H and O–H groups in total. The van der Waals surface area contributed by atoms with Crippen LogP contribution in [0.1, 0.15) is 19.8 Å². The Morgan fingerprint density at radius 1 is 1.03 bits per heavy atom. The number of morpholine rings is 1. The van der Waals surface area contributed by atoms with E-state index in [0.717, 1.165) is 66.3 Å². The largest absolute Gasteiger partial charge is 0.497 e. The van der Waals surface area contributed by atoms with Gasteiger partial charge in [0, 0.05) is 43.8 Å². The standard InChI is InChI=1S/C26H32N4O3/c1-18-17-33-14-13-30(18)25-15-24(29-12-4-5-21(16-29)32-3)22-10-11-23(27-26(22)28-25)19-6-8-20(31-2)9-7-19/h6-11,15,18,21H,4-5,12-14,16-17H2,1-3H3. The zero-order chi connectivity index (χ0) is 22.8. The van der Waals surface area contributed by atoms with Gasteiger partial charge in [-0.15, -0.1) is 0 Å². The SMILES string of the molecule is COc1ccc(-c2ccc3c(N4CCCC(OC)C4)cc(N4CCOCC4C)nc3n2)cc1. The first kappa shape index (κ1) is 21.9. The third-order valence-corrected chi connectivity index (χ3v) is 6.74. The van der Waals surface area contributed by atoms with Crippen LogP contribution in [0.3, 0.4) is 0 Å². The van der Waals surface area contributed by atoms with Crippen molar-refractivity contribution in [3.05, 3.63) is 42.5 Å². The van der Waals surface area contributed by atoms with E-state index in [1.807, 2.05) is 31.4 Å². The summed E-state index contributed by atoms with van der Waals surface area (Å²) >= 11 is 0. The summed E-state index contributed by atoms with van der Waals surface area (Å²) in [6.45, 7) is 6.34. The molecule has 7 heteroatoms. The number of aromatic nitrogens is 2. The molecule has 2 aromatic heterocycles. The lowest BCUT2D eigenvalue weighted by Gasteiger charge is -2.37. The Kier molecular flexibility index (Phi) is 6.33. The van der Waals surface area contributed by atoms with E-state index in [-0.39, 0.29) is 12.1 Å². The molecule has 1 aromatic carbocycles. The fourth-order valence-corrected chi connectivity index (χ4v) is 4.82. The maximum atomic E-state index is 5.70. The molecule has 2 fully saturated rings. The molecule has 0 spiro atoms. The average Bonchev–Trinajstić information content (AvgIpc) is 2.88. The zero-order valence-corrected chi connectivity index (χ0v) is 19.7. The number of anilines is 2. The molecule has 0 amide bonds. The van der Waals surface area contributed by atoms with Crippen molar-refractivity contribution in [2.24, 2.45) is 0 Å². The molecule has 4 heterocycles. The molecule has 0 radical (unpaired) electrons. The highest BCUT2D eigenvalue weighted by Gasteiger charge is 2.26. The average molecular weight is 449 g/mol. The van der Waals surface area contributed by atoms with Gasteiger partial charge < -0.3 is 24.0 Å². The first-order valence-corrected chi connectivity index (χ1v) is 11.7. The quantitative estimate of drug-likeness (QED) is 0.581. The number of rotatable bonds is 5. The number of nitrogens with zero attached hydrogens (tertiary/aromatic N) is 4. The topological polar surface area (TPSA) is 60.0 Å². The van der Waals surface area contributed by atoms with Crippen molar-refractivity contribution in [2.75, 3.05) is 56.9 Å². The van der Waals surface area contributed by atoms with Crippen molar-refractivity contribution in [3.8, 4) is 17.0 Å². The molecule has 2 aliphatic heterocycles.